The molecule has 0 aliphatic rings. The van der Waals surface area contributed by atoms with Crippen LogP contribution in [0.25, 0.3) is 16.8 Å². The molecule has 0 saturated carbocycles. The summed E-state index contributed by atoms with van der Waals surface area (Å²) < 4.78 is 105. The SMILES string of the molecule is Cc1nc(C(F)(F)F)cn1-c1ccc(-c2cccc(S(C)(=O)=O)c2)cc1N(N)/C(=C\N)C(=O)c1ccc(C(F)(F)F)cc1. The van der Waals surface area contributed by atoms with E-state index in [4.69, 9.17) is 11.6 Å². The Morgan fingerprint density at radius 2 is 1.56 bits per heavy atom. The van der Waals surface area contributed by atoms with Gasteiger partial charge in [-0.3, -0.25) is 9.80 Å². The number of hydrogen-bond donors (Lipinski definition) is 2. The summed E-state index contributed by atoms with van der Waals surface area (Å²) in [6, 6.07) is 13.4. The van der Waals surface area contributed by atoms with Crippen LogP contribution >= 0.6 is 0 Å². The lowest BCUT2D eigenvalue weighted by Crippen LogP contribution is -2.35. The number of halogens is 6. The molecule has 4 rings (SSSR count). The molecule has 0 aliphatic heterocycles. The van der Waals surface area contributed by atoms with Crippen molar-refractivity contribution >= 4 is 21.3 Å². The number of nitrogens with two attached hydrogens (primary N) is 2. The van der Waals surface area contributed by atoms with E-state index in [2.05, 4.69) is 4.98 Å². The average molecular weight is 624 g/mol. The highest BCUT2D eigenvalue weighted by molar-refractivity contribution is 7.90. The molecule has 0 unspecified atom stereocenters. The molecular formula is C28H23F6N5O3S. The van der Waals surface area contributed by atoms with Crippen molar-refractivity contribution in [2.45, 2.75) is 24.2 Å². The summed E-state index contributed by atoms with van der Waals surface area (Å²) in [7, 11) is -3.59. The summed E-state index contributed by atoms with van der Waals surface area (Å²) in [5.74, 6) is 5.38. The van der Waals surface area contributed by atoms with Gasteiger partial charge in [0.1, 0.15) is 11.5 Å². The van der Waals surface area contributed by atoms with E-state index >= 15 is 0 Å². The van der Waals surface area contributed by atoms with E-state index in [0.717, 1.165) is 40.4 Å². The van der Waals surface area contributed by atoms with Gasteiger partial charge in [0.15, 0.2) is 15.5 Å². The lowest BCUT2D eigenvalue weighted by molar-refractivity contribution is -0.141. The van der Waals surface area contributed by atoms with Gasteiger partial charge in [0.05, 0.1) is 21.8 Å². The van der Waals surface area contributed by atoms with Crippen molar-refractivity contribution in [3.8, 4) is 16.8 Å². The number of benzene rings is 3. The number of aryl methyl sites for hydroxylation is 1. The molecule has 0 bridgehead atoms. The molecule has 3 aromatic carbocycles. The van der Waals surface area contributed by atoms with E-state index in [1.165, 1.54) is 43.3 Å². The number of Topliss-reactive ketones (excluding diaryl/α,β-unsaturated/α-hetero) is 1. The molecule has 8 nitrogen and oxygen atoms in total. The van der Waals surface area contributed by atoms with Crippen LogP contribution in [0.5, 0.6) is 0 Å². The van der Waals surface area contributed by atoms with Crippen LogP contribution in [0.3, 0.4) is 0 Å². The van der Waals surface area contributed by atoms with E-state index in [1.807, 2.05) is 0 Å². The number of carbonyl (C=O) groups is 1. The summed E-state index contributed by atoms with van der Waals surface area (Å²) in [6.07, 6.45) is -6.85. The van der Waals surface area contributed by atoms with Crippen molar-refractivity contribution in [1.29, 1.82) is 0 Å². The van der Waals surface area contributed by atoms with E-state index in [1.54, 1.807) is 6.07 Å². The number of nitrogens with zero attached hydrogens (tertiary/aromatic N) is 3. The molecule has 0 fully saturated rings. The first-order valence-corrected chi connectivity index (χ1v) is 14.1. The van der Waals surface area contributed by atoms with Gasteiger partial charge < -0.3 is 10.3 Å². The molecular weight excluding hydrogens is 600 g/mol. The van der Waals surface area contributed by atoms with Gasteiger partial charge in [-0.25, -0.2) is 19.2 Å². The largest absolute Gasteiger partial charge is 0.434 e. The Morgan fingerprint density at radius 1 is 0.930 bits per heavy atom. The number of hydrogen-bond acceptors (Lipinski definition) is 7. The second-order valence-electron chi connectivity index (χ2n) is 9.37. The predicted octanol–water partition coefficient (Wildman–Crippen LogP) is 5.65. The number of imidazole rings is 1. The first kappa shape index (κ1) is 31.3. The number of carbonyl (C=O) groups excluding carboxylic acids is 1. The number of aromatic nitrogens is 2. The number of alkyl halides is 6. The molecule has 0 atom stereocenters. The third kappa shape index (κ3) is 6.57. The highest BCUT2D eigenvalue weighted by Gasteiger charge is 2.35. The minimum absolute atomic E-state index is 0.000490. The Balaban J connectivity index is 1.87. The first-order chi connectivity index (χ1) is 19.9. The standard InChI is InChI=1S/C28H23F6N5O3S/c1-16-37-25(28(32,33)34)15-38(16)22-11-8-19(18-4-3-5-21(12-18)43(2,41)42)13-23(22)39(36)24(14-35)26(40)17-6-9-20(10-7-17)27(29,30)31/h3-15H,35-36H2,1-2H3/b24-14-. The van der Waals surface area contributed by atoms with Gasteiger partial charge in [-0.05, 0) is 54.4 Å². The summed E-state index contributed by atoms with van der Waals surface area (Å²) in [4.78, 5) is 16.9. The zero-order valence-corrected chi connectivity index (χ0v) is 23.2. The molecule has 0 spiro atoms. The minimum Gasteiger partial charge on any atom is -0.403 e. The van der Waals surface area contributed by atoms with Gasteiger partial charge in [-0.15, -0.1) is 0 Å². The molecule has 4 N–H and O–H groups in total. The molecule has 0 aliphatic carbocycles. The Bertz CT molecular complexity index is 1830. The van der Waals surface area contributed by atoms with Gasteiger partial charge in [-0.2, -0.15) is 26.3 Å². The zero-order chi connectivity index (χ0) is 31.9. The third-order valence-corrected chi connectivity index (χ3v) is 7.50. The summed E-state index contributed by atoms with van der Waals surface area (Å²) in [5.41, 5.74) is 3.66. The number of sulfone groups is 1. The number of hydrazine groups is 1. The van der Waals surface area contributed by atoms with Crippen molar-refractivity contribution in [1.82, 2.24) is 9.55 Å². The van der Waals surface area contributed by atoms with E-state index in [-0.39, 0.29) is 27.7 Å². The molecule has 43 heavy (non-hydrogen) atoms. The molecule has 1 heterocycles. The molecule has 4 aromatic rings. The molecule has 0 saturated heterocycles. The monoisotopic (exact) mass is 623 g/mol. The van der Waals surface area contributed by atoms with Crippen LogP contribution in [0, 0.1) is 6.92 Å². The fraction of sp³-hybridized carbons (Fsp3) is 0.143. The Morgan fingerprint density at radius 3 is 2.09 bits per heavy atom. The quantitative estimate of drug-likeness (QED) is 0.0896. The average Bonchev–Trinajstić information content (AvgIpc) is 3.34. The summed E-state index contributed by atoms with van der Waals surface area (Å²) in [6.45, 7) is 1.32. The molecule has 226 valence electrons. The molecule has 15 heteroatoms. The lowest BCUT2D eigenvalue weighted by Gasteiger charge is -2.25. The topological polar surface area (TPSA) is 124 Å². The number of ketones is 1. The van der Waals surface area contributed by atoms with Crippen LogP contribution in [0.4, 0.5) is 32.0 Å². The Hall–Kier alpha value is -4.63. The van der Waals surface area contributed by atoms with Crippen LogP contribution < -0.4 is 16.6 Å². The van der Waals surface area contributed by atoms with Gasteiger partial charge in [0.2, 0.25) is 5.78 Å². The predicted molar refractivity (Wildman–Crippen MR) is 147 cm³/mol. The molecule has 0 radical (unpaired) electrons. The van der Waals surface area contributed by atoms with E-state index in [9.17, 15) is 39.6 Å². The van der Waals surface area contributed by atoms with Crippen molar-refractivity contribution < 1.29 is 39.6 Å². The highest BCUT2D eigenvalue weighted by atomic mass is 32.2. The van der Waals surface area contributed by atoms with Crippen LogP contribution in [0.2, 0.25) is 0 Å². The number of rotatable bonds is 7. The first-order valence-electron chi connectivity index (χ1n) is 12.2. The second-order valence-corrected chi connectivity index (χ2v) is 11.4. The third-order valence-electron chi connectivity index (χ3n) is 6.39. The Kier molecular flexibility index (Phi) is 8.17. The lowest BCUT2D eigenvalue weighted by atomic mass is 10.0. The van der Waals surface area contributed by atoms with Crippen molar-refractivity contribution in [2.75, 3.05) is 11.3 Å². The van der Waals surface area contributed by atoms with E-state index in [0.29, 0.717) is 23.3 Å². The maximum atomic E-state index is 13.5. The van der Waals surface area contributed by atoms with Crippen LogP contribution in [-0.2, 0) is 22.2 Å². The molecule has 1 aromatic heterocycles. The highest BCUT2D eigenvalue weighted by Crippen LogP contribution is 2.36. The minimum atomic E-state index is -4.77. The fourth-order valence-electron chi connectivity index (χ4n) is 4.21. The van der Waals surface area contributed by atoms with Crippen molar-refractivity contribution in [3.63, 3.8) is 0 Å². The zero-order valence-electron chi connectivity index (χ0n) is 22.4. The molecule has 0 amide bonds. The summed E-state index contributed by atoms with van der Waals surface area (Å²) in [5, 5.41) is 0.784. The number of allylic oxidation sites excluding steroid dienone is 1. The van der Waals surface area contributed by atoms with Crippen molar-refractivity contribution in [2.24, 2.45) is 11.6 Å². The van der Waals surface area contributed by atoms with Gasteiger partial charge in [0.25, 0.3) is 0 Å². The van der Waals surface area contributed by atoms with E-state index < -0.39 is 44.9 Å². The fourth-order valence-corrected chi connectivity index (χ4v) is 4.88. The van der Waals surface area contributed by atoms with Crippen LogP contribution in [-0.4, -0.2) is 30.0 Å². The van der Waals surface area contributed by atoms with Crippen molar-refractivity contribution in [3.05, 3.63) is 107 Å². The second kappa shape index (κ2) is 11.2. The van der Waals surface area contributed by atoms with Gasteiger partial charge >= 0.3 is 12.4 Å². The van der Waals surface area contributed by atoms with Crippen LogP contribution in [0.1, 0.15) is 27.4 Å². The normalized spacial score (nSPS) is 12.8. The smallest absolute Gasteiger partial charge is 0.403 e. The summed E-state index contributed by atoms with van der Waals surface area (Å²) >= 11 is 0. The van der Waals surface area contributed by atoms with Gasteiger partial charge in [-0.1, -0.05) is 30.3 Å². The van der Waals surface area contributed by atoms with Crippen LogP contribution in [0.15, 0.2) is 89.7 Å². The van der Waals surface area contributed by atoms with Gasteiger partial charge in [0, 0.05) is 24.2 Å². The number of anilines is 1. The maximum Gasteiger partial charge on any atom is 0.434 e. The maximum absolute atomic E-state index is 13.5. The Labute approximate surface area is 241 Å².